The Kier molecular flexibility index (Phi) is 5.38. The molecule has 0 amide bonds. The van der Waals surface area contributed by atoms with Crippen molar-refractivity contribution in [2.45, 2.75) is 25.7 Å². The maximum atomic E-state index is 11.8. The van der Waals surface area contributed by atoms with Crippen LogP contribution in [0.2, 0.25) is 0 Å². The minimum Gasteiger partial charge on any atom is -0.508 e. The molecule has 0 aliphatic rings. The van der Waals surface area contributed by atoms with Gasteiger partial charge < -0.3 is 9.84 Å². The van der Waals surface area contributed by atoms with Crippen LogP contribution in [0.3, 0.4) is 0 Å². The summed E-state index contributed by atoms with van der Waals surface area (Å²) in [5.74, 6) is 0.153. The van der Waals surface area contributed by atoms with E-state index < -0.39 is 0 Å². The Morgan fingerprint density at radius 1 is 1.10 bits per heavy atom. The van der Waals surface area contributed by atoms with Crippen LogP contribution in [0.15, 0.2) is 54.6 Å². The predicted octanol–water partition coefficient (Wildman–Crippen LogP) is 3.67. The number of benzene rings is 2. The fourth-order valence-electron chi connectivity index (χ4n) is 2.37. The summed E-state index contributed by atoms with van der Waals surface area (Å²) in [5, 5.41) is 9.35. The topological polar surface area (TPSA) is 46.5 Å². The van der Waals surface area contributed by atoms with Crippen LogP contribution in [0, 0.1) is 0 Å². The molecular formula is C18H20O3. The smallest absolute Gasteiger partial charge is 0.306 e. The molecule has 1 atom stereocenters. The van der Waals surface area contributed by atoms with Crippen LogP contribution in [0.1, 0.15) is 30.4 Å². The normalized spacial score (nSPS) is 11.9. The standard InChI is InChI=1S/C18H20O3/c1-2-21-18(20)13-16(15-6-4-3-5-7-15)12-14-8-10-17(19)11-9-14/h3-11,16,19H,2,12-13H2,1H3/t16-/m1/s1. The van der Waals surface area contributed by atoms with Crippen LogP contribution in [0.4, 0.5) is 0 Å². The highest BCUT2D eigenvalue weighted by Gasteiger charge is 2.17. The molecule has 21 heavy (non-hydrogen) atoms. The SMILES string of the molecule is CCOC(=O)C[C@@H](Cc1ccc(O)cc1)c1ccccc1. The average Bonchev–Trinajstić information content (AvgIpc) is 2.50. The number of aromatic hydroxyl groups is 1. The molecule has 0 saturated heterocycles. The van der Waals surface area contributed by atoms with Gasteiger partial charge in [-0.1, -0.05) is 42.5 Å². The first kappa shape index (κ1) is 15.1. The lowest BCUT2D eigenvalue weighted by atomic mass is 9.89. The molecule has 2 rings (SSSR count). The lowest BCUT2D eigenvalue weighted by Gasteiger charge is -2.17. The Bertz CT molecular complexity index is 561. The van der Waals surface area contributed by atoms with Gasteiger partial charge in [0.2, 0.25) is 0 Å². The fraction of sp³-hybridized carbons (Fsp3) is 0.278. The number of carbonyl (C=O) groups is 1. The lowest BCUT2D eigenvalue weighted by Crippen LogP contribution is -2.12. The summed E-state index contributed by atoms with van der Waals surface area (Å²) in [6, 6.07) is 17.1. The zero-order valence-corrected chi connectivity index (χ0v) is 12.2. The molecule has 3 heteroatoms. The maximum absolute atomic E-state index is 11.8. The second-order valence-corrected chi connectivity index (χ2v) is 4.99. The van der Waals surface area contributed by atoms with Gasteiger partial charge >= 0.3 is 5.97 Å². The van der Waals surface area contributed by atoms with E-state index in [1.54, 1.807) is 12.1 Å². The van der Waals surface area contributed by atoms with Crippen molar-refractivity contribution >= 4 is 5.97 Å². The van der Waals surface area contributed by atoms with Crippen molar-refractivity contribution < 1.29 is 14.6 Å². The van der Waals surface area contributed by atoms with Gasteiger partial charge in [-0.15, -0.1) is 0 Å². The van der Waals surface area contributed by atoms with E-state index in [1.165, 1.54) is 0 Å². The molecule has 1 N–H and O–H groups in total. The molecule has 0 aliphatic heterocycles. The Morgan fingerprint density at radius 3 is 2.38 bits per heavy atom. The summed E-state index contributed by atoms with van der Waals surface area (Å²) in [4.78, 5) is 11.8. The van der Waals surface area contributed by atoms with E-state index in [0.717, 1.165) is 17.5 Å². The van der Waals surface area contributed by atoms with Crippen LogP contribution >= 0.6 is 0 Å². The van der Waals surface area contributed by atoms with Crippen molar-refractivity contribution in [2.24, 2.45) is 0 Å². The molecule has 0 saturated carbocycles. The highest BCUT2D eigenvalue weighted by molar-refractivity contribution is 5.70. The summed E-state index contributed by atoms with van der Waals surface area (Å²) >= 11 is 0. The van der Waals surface area contributed by atoms with Crippen LogP contribution in [-0.2, 0) is 16.0 Å². The molecule has 0 radical (unpaired) electrons. The zero-order chi connectivity index (χ0) is 15.1. The first-order valence-corrected chi connectivity index (χ1v) is 7.17. The van der Waals surface area contributed by atoms with Crippen molar-refractivity contribution in [3.05, 3.63) is 65.7 Å². The summed E-state index contributed by atoms with van der Waals surface area (Å²) in [6.07, 6.45) is 1.10. The number of hydrogen-bond acceptors (Lipinski definition) is 3. The van der Waals surface area contributed by atoms with Gasteiger partial charge in [0.1, 0.15) is 5.75 Å². The first-order chi connectivity index (χ1) is 10.2. The fourth-order valence-corrected chi connectivity index (χ4v) is 2.37. The molecule has 0 aliphatic carbocycles. The highest BCUT2D eigenvalue weighted by Crippen LogP contribution is 2.25. The van der Waals surface area contributed by atoms with E-state index >= 15 is 0 Å². The van der Waals surface area contributed by atoms with Gasteiger partial charge in [-0.25, -0.2) is 0 Å². The van der Waals surface area contributed by atoms with Crippen LogP contribution in [-0.4, -0.2) is 17.7 Å². The average molecular weight is 284 g/mol. The molecule has 3 nitrogen and oxygen atoms in total. The molecule has 2 aromatic carbocycles. The molecule has 0 bridgehead atoms. The van der Waals surface area contributed by atoms with Crippen molar-refractivity contribution in [3.8, 4) is 5.75 Å². The quantitative estimate of drug-likeness (QED) is 0.823. The summed E-state index contributed by atoms with van der Waals surface area (Å²) in [5.41, 5.74) is 2.21. The Morgan fingerprint density at radius 2 is 1.76 bits per heavy atom. The van der Waals surface area contributed by atoms with Gasteiger partial charge in [-0.3, -0.25) is 4.79 Å². The van der Waals surface area contributed by atoms with E-state index in [0.29, 0.717) is 13.0 Å². The van der Waals surface area contributed by atoms with Gasteiger partial charge in [-0.2, -0.15) is 0 Å². The highest BCUT2D eigenvalue weighted by atomic mass is 16.5. The largest absolute Gasteiger partial charge is 0.508 e. The van der Waals surface area contributed by atoms with Gasteiger partial charge in [-0.05, 0) is 42.5 Å². The third-order valence-corrected chi connectivity index (χ3v) is 3.41. The molecule has 0 aromatic heterocycles. The Hall–Kier alpha value is -2.29. The zero-order valence-electron chi connectivity index (χ0n) is 12.2. The lowest BCUT2D eigenvalue weighted by molar-refractivity contribution is -0.143. The number of hydrogen-bond donors (Lipinski definition) is 1. The second kappa shape index (κ2) is 7.48. The summed E-state index contributed by atoms with van der Waals surface area (Å²) < 4.78 is 5.07. The molecule has 110 valence electrons. The predicted molar refractivity (Wildman–Crippen MR) is 82.2 cm³/mol. The number of ether oxygens (including phenoxy) is 1. The molecular weight excluding hydrogens is 264 g/mol. The molecule has 2 aromatic rings. The summed E-state index contributed by atoms with van der Waals surface area (Å²) in [6.45, 7) is 2.22. The molecule has 0 unspecified atom stereocenters. The monoisotopic (exact) mass is 284 g/mol. The van der Waals surface area contributed by atoms with Gasteiger partial charge in [0.25, 0.3) is 0 Å². The third kappa shape index (κ3) is 4.63. The number of rotatable bonds is 6. The van der Waals surface area contributed by atoms with E-state index in [2.05, 4.69) is 0 Å². The van der Waals surface area contributed by atoms with E-state index in [4.69, 9.17) is 4.74 Å². The van der Waals surface area contributed by atoms with Crippen LogP contribution in [0.5, 0.6) is 5.75 Å². The van der Waals surface area contributed by atoms with Gasteiger partial charge in [0.05, 0.1) is 13.0 Å². The van der Waals surface area contributed by atoms with Crippen molar-refractivity contribution in [2.75, 3.05) is 6.61 Å². The number of phenols is 1. The summed E-state index contributed by atoms with van der Waals surface area (Å²) in [7, 11) is 0. The minimum atomic E-state index is -0.176. The van der Waals surface area contributed by atoms with Crippen molar-refractivity contribution in [1.82, 2.24) is 0 Å². The number of esters is 1. The van der Waals surface area contributed by atoms with Crippen molar-refractivity contribution in [3.63, 3.8) is 0 Å². The first-order valence-electron chi connectivity index (χ1n) is 7.17. The number of carbonyl (C=O) groups excluding carboxylic acids is 1. The van der Waals surface area contributed by atoms with Gasteiger partial charge in [0.15, 0.2) is 0 Å². The number of phenolic OH excluding ortho intramolecular Hbond substituents is 1. The Labute approximate surface area is 125 Å². The molecule has 0 fully saturated rings. The maximum Gasteiger partial charge on any atom is 0.306 e. The Balaban J connectivity index is 2.15. The van der Waals surface area contributed by atoms with E-state index in [-0.39, 0.29) is 17.6 Å². The molecule has 0 heterocycles. The van der Waals surface area contributed by atoms with Crippen molar-refractivity contribution in [1.29, 1.82) is 0 Å². The van der Waals surface area contributed by atoms with E-state index in [9.17, 15) is 9.90 Å². The van der Waals surface area contributed by atoms with Gasteiger partial charge in [0, 0.05) is 0 Å². The van der Waals surface area contributed by atoms with E-state index in [1.807, 2.05) is 49.4 Å². The third-order valence-electron chi connectivity index (χ3n) is 3.41. The molecule has 0 spiro atoms. The minimum absolute atomic E-state index is 0.0785. The second-order valence-electron chi connectivity index (χ2n) is 4.99. The van der Waals surface area contributed by atoms with Crippen LogP contribution in [0.25, 0.3) is 0 Å². The van der Waals surface area contributed by atoms with Crippen LogP contribution < -0.4 is 0 Å².